The first-order valence-electron chi connectivity index (χ1n) is 8.21. The number of para-hydroxylation sites is 1. The van der Waals surface area contributed by atoms with Gasteiger partial charge in [-0.15, -0.1) is 26.3 Å². The monoisotopic (exact) mass is 430 g/mol. The van der Waals surface area contributed by atoms with Crippen LogP contribution in [0.4, 0.5) is 26.3 Å². The quantitative estimate of drug-likeness (QED) is 0.461. The summed E-state index contributed by atoms with van der Waals surface area (Å²) in [6, 6.07) is 14.3. The van der Waals surface area contributed by atoms with E-state index < -0.39 is 24.2 Å². The molecule has 3 aromatic rings. The minimum atomic E-state index is -5.13. The van der Waals surface area contributed by atoms with Crippen LogP contribution in [0.1, 0.15) is 0 Å². The van der Waals surface area contributed by atoms with Crippen LogP contribution in [0, 0.1) is 0 Å². The third-order valence-corrected chi connectivity index (χ3v) is 3.61. The maximum atomic E-state index is 12.5. The van der Waals surface area contributed by atoms with Crippen LogP contribution < -0.4 is 14.2 Å². The second kappa shape index (κ2) is 8.05. The Morgan fingerprint density at radius 2 is 1.13 bits per heavy atom. The predicted molar refractivity (Wildman–Crippen MR) is 93.4 cm³/mol. The summed E-state index contributed by atoms with van der Waals surface area (Å²) >= 11 is 0. The summed E-state index contributed by atoms with van der Waals surface area (Å²) in [6.07, 6.45) is -10.3. The third-order valence-electron chi connectivity index (χ3n) is 3.61. The Morgan fingerprint density at radius 1 is 0.633 bits per heavy atom. The number of benzene rings is 3. The average molecular weight is 430 g/mol. The summed E-state index contributed by atoms with van der Waals surface area (Å²) in [6.45, 7) is 0. The molecule has 0 heterocycles. The maximum Gasteiger partial charge on any atom is 0.573 e. The number of ether oxygens (including phenoxy) is 3. The smallest absolute Gasteiger partial charge is 0.508 e. The molecule has 0 amide bonds. The number of halogens is 6. The highest BCUT2D eigenvalue weighted by molar-refractivity contribution is 5.71. The van der Waals surface area contributed by atoms with E-state index in [2.05, 4.69) is 9.47 Å². The fraction of sp³-hybridized carbons (Fsp3) is 0.100. The van der Waals surface area contributed by atoms with Gasteiger partial charge in [0, 0.05) is 23.8 Å². The number of alkyl halides is 6. The Hall–Kier alpha value is -3.56. The molecule has 0 bridgehead atoms. The molecule has 0 saturated heterocycles. The molecule has 0 saturated carbocycles. The standard InChI is InChI=1S/C20H12F6O4/c21-19(22,23)29-15-9-14(10-16(11-15)30-20(24,25)26)28-18-4-2-1-3-17(18)12-5-7-13(27)8-6-12/h1-11,27H. The van der Waals surface area contributed by atoms with Crippen molar-refractivity contribution >= 4 is 0 Å². The van der Waals surface area contributed by atoms with Crippen LogP contribution in [-0.2, 0) is 0 Å². The summed E-state index contributed by atoms with van der Waals surface area (Å²) in [5.41, 5.74) is 1.08. The van der Waals surface area contributed by atoms with E-state index >= 15 is 0 Å². The van der Waals surface area contributed by atoms with Gasteiger partial charge in [0.15, 0.2) is 0 Å². The fourth-order valence-corrected chi connectivity index (χ4v) is 2.55. The molecule has 4 nitrogen and oxygen atoms in total. The molecule has 0 spiro atoms. The van der Waals surface area contributed by atoms with Crippen LogP contribution in [0.25, 0.3) is 11.1 Å². The molecule has 10 heteroatoms. The lowest BCUT2D eigenvalue weighted by Gasteiger charge is -2.16. The number of phenols is 1. The van der Waals surface area contributed by atoms with Crippen molar-refractivity contribution in [2.45, 2.75) is 12.7 Å². The molecular formula is C20H12F6O4. The molecular weight excluding hydrogens is 418 g/mol. The van der Waals surface area contributed by atoms with Gasteiger partial charge in [0.25, 0.3) is 0 Å². The zero-order valence-corrected chi connectivity index (χ0v) is 14.8. The van der Waals surface area contributed by atoms with Crippen LogP contribution in [0.15, 0.2) is 66.7 Å². The molecule has 0 aromatic heterocycles. The van der Waals surface area contributed by atoms with Crippen molar-refractivity contribution < 1.29 is 45.7 Å². The predicted octanol–water partition coefficient (Wildman–Crippen LogP) is 6.65. The van der Waals surface area contributed by atoms with Crippen LogP contribution in [0.3, 0.4) is 0 Å². The first-order valence-corrected chi connectivity index (χ1v) is 8.21. The van der Waals surface area contributed by atoms with E-state index in [-0.39, 0.29) is 17.2 Å². The van der Waals surface area contributed by atoms with Crippen LogP contribution >= 0.6 is 0 Å². The lowest BCUT2D eigenvalue weighted by molar-refractivity contribution is -0.276. The zero-order valence-electron chi connectivity index (χ0n) is 14.8. The molecule has 3 aromatic carbocycles. The summed E-state index contributed by atoms with van der Waals surface area (Å²) < 4.78 is 88.2. The Morgan fingerprint density at radius 3 is 1.67 bits per heavy atom. The number of phenolic OH excluding ortho intramolecular Hbond substituents is 1. The number of aromatic hydroxyl groups is 1. The fourth-order valence-electron chi connectivity index (χ4n) is 2.55. The lowest BCUT2D eigenvalue weighted by Crippen LogP contribution is -2.19. The highest BCUT2D eigenvalue weighted by Gasteiger charge is 2.34. The molecule has 0 radical (unpaired) electrons. The van der Waals surface area contributed by atoms with Crippen molar-refractivity contribution in [3.05, 3.63) is 66.7 Å². The zero-order chi connectivity index (χ0) is 21.9. The van der Waals surface area contributed by atoms with Crippen LogP contribution in [-0.4, -0.2) is 17.8 Å². The van der Waals surface area contributed by atoms with Gasteiger partial charge in [0.2, 0.25) is 0 Å². The molecule has 3 rings (SSSR count). The number of rotatable bonds is 5. The molecule has 158 valence electrons. The van der Waals surface area contributed by atoms with Gasteiger partial charge in [-0.05, 0) is 23.8 Å². The SMILES string of the molecule is Oc1ccc(-c2ccccc2Oc2cc(OC(F)(F)F)cc(OC(F)(F)F)c2)cc1. The Balaban J connectivity index is 1.99. The third kappa shape index (κ3) is 5.97. The molecule has 0 aliphatic carbocycles. The molecule has 0 fully saturated rings. The van der Waals surface area contributed by atoms with Gasteiger partial charge >= 0.3 is 12.7 Å². The highest BCUT2D eigenvalue weighted by atomic mass is 19.4. The highest BCUT2D eigenvalue weighted by Crippen LogP contribution is 2.38. The molecule has 30 heavy (non-hydrogen) atoms. The van der Waals surface area contributed by atoms with Gasteiger partial charge in [0.05, 0.1) is 0 Å². The minimum Gasteiger partial charge on any atom is -0.508 e. The van der Waals surface area contributed by atoms with E-state index in [4.69, 9.17) is 4.74 Å². The molecule has 0 unspecified atom stereocenters. The molecule has 0 aliphatic heterocycles. The van der Waals surface area contributed by atoms with E-state index in [1.54, 1.807) is 30.3 Å². The van der Waals surface area contributed by atoms with Crippen molar-refractivity contribution in [2.75, 3.05) is 0 Å². The van der Waals surface area contributed by atoms with Crippen molar-refractivity contribution in [3.63, 3.8) is 0 Å². The summed E-state index contributed by atoms with van der Waals surface area (Å²) in [7, 11) is 0. The Bertz CT molecular complexity index is 979. The van der Waals surface area contributed by atoms with Gasteiger partial charge in [0.1, 0.15) is 28.7 Å². The van der Waals surface area contributed by atoms with E-state index in [0.717, 1.165) is 12.1 Å². The summed E-state index contributed by atoms with van der Waals surface area (Å²) in [4.78, 5) is 0. The van der Waals surface area contributed by atoms with Gasteiger partial charge in [-0.25, -0.2) is 0 Å². The van der Waals surface area contributed by atoms with Gasteiger partial charge in [-0.1, -0.05) is 30.3 Å². The maximum absolute atomic E-state index is 12.5. The van der Waals surface area contributed by atoms with Crippen molar-refractivity contribution in [2.24, 2.45) is 0 Å². The van der Waals surface area contributed by atoms with E-state index in [0.29, 0.717) is 17.2 Å². The van der Waals surface area contributed by atoms with Crippen LogP contribution in [0.5, 0.6) is 28.7 Å². The van der Waals surface area contributed by atoms with Crippen molar-refractivity contribution in [1.82, 2.24) is 0 Å². The first-order chi connectivity index (χ1) is 14.0. The van der Waals surface area contributed by atoms with Gasteiger partial charge in [-0.3, -0.25) is 0 Å². The molecule has 1 N–H and O–H groups in total. The minimum absolute atomic E-state index is 0.0168. The summed E-state index contributed by atoms with van der Waals surface area (Å²) in [5, 5.41) is 9.41. The second-order valence-electron chi connectivity index (χ2n) is 5.88. The average Bonchev–Trinajstić information content (AvgIpc) is 2.60. The van der Waals surface area contributed by atoms with E-state index in [1.807, 2.05) is 0 Å². The number of hydrogen-bond donors (Lipinski definition) is 1. The topological polar surface area (TPSA) is 47.9 Å². The van der Waals surface area contributed by atoms with Crippen LogP contribution in [0.2, 0.25) is 0 Å². The second-order valence-corrected chi connectivity index (χ2v) is 5.88. The summed E-state index contributed by atoms with van der Waals surface area (Å²) in [5.74, 6) is -2.10. The van der Waals surface area contributed by atoms with Gasteiger partial charge in [-0.2, -0.15) is 0 Å². The Labute approximate surface area is 165 Å². The Kier molecular flexibility index (Phi) is 5.68. The largest absolute Gasteiger partial charge is 0.573 e. The van der Waals surface area contributed by atoms with E-state index in [9.17, 15) is 31.4 Å². The molecule has 0 aliphatic rings. The number of hydrogen-bond acceptors (Lipinski definition) is 4. The van der Waals surface area contributed by atoms with E-state index in [1.165, 1.54) is 18.2 Å². The molecule has 0 atom stereocenters. The first kappa shape index (κ1) is 21.2. The normalized spacial score (nSPS) is 11.8. The van der Waals surface area contributed by atoms with Crippen molar-refractivity contribution in [3.8, 4) is 39.9 Å². The van der Waals surface area contributed by atoms with Gasteiger partial charge < -0.3 is 19.3 Å². The van der Waals surface area contributed by atoms with Crippen molar-refractivity contribution in [1.29, 1.82) is 0 Å². The lowest BCUT2D eigenvalue weighted by atomic mass is 10.0.